The molecule has 7 heteroatoms. The van der Waals surface area contributed by atoms with Crippen molar-refractivity contribution in [2.45, 2.75) is 59.0 Å². The first kappa shape index (κ1) is 18.4. The lowest BCUT2D eigenvalue weighted by Crippen LogP contribution is -2.37. The maximum atomic E-state index is 12.3. The van der Waals surface area contributed by atoms with E-state index in [1.54, 1.807) is 20.8 Å². The van der Waals surface area contributed by atoms with Gasteiger partial charge in [-0.25, -0.2) is 14.6 Å². The average Bonchev–Trinajstić information content (AvgIpc) is 2.86. The Morgan fingerprint density at radius 2 is 2.00 bits per heavy atom. The quantitative estimate of drug-likeness (QED) is 0.760. The molecule has 0 saturated heterocycles. The van der Waals surface area contributed by atoms with E-state index in [-0.39, 0.29) is 5.69 Å². The second-order valence-corrected chi connectivity index (χ2v) is 6.85. The predicted molar refractivity (Wildman–Crippen MR) is 86.8 cm³/mol. The van der Waals surface area contributed by atoms with Gasteiger partial charge in [0.15, 0.2) is 10.8 Å². The number of nitrogens with zero attached hydrogens (tertiary/aromatic N) is 2. The normalized spacial score (nSPS) is 11.3. The van der Waals surface area contributed by atoms with Gasteiger partial charge in [-0.2, -0.15) is 0 Å². The topological polar surface area (TPSA) is 79.7 Å². The van der Waals surface area contributed by atoms with Gasteiger partial charge >= 0.3 is 12.1 Å². The summed E-state index contributed by atoms with van der Waals surface area (Å²) in [5, 5.41) is 10.8. The van der Waals surface area contributed by atoms with Gasteiger partial charge in [0.2, 0.25) is 0 Å². The molecule has 6 nitrogen and oxygen atoms in total. The number of carbonyl (C=O) groups is 2. The smallest absolute Gasteiger partial charge is 0.416 e. The van der Waals surface area contributed by atoms with Crippen molar-refractivity contribution >= 4 is 28.5 Å². The molecule has 0 radical (unpaired) electrons. The molecule has 0 spiro atoms. The Morgan fingerprint density at radius 1 is 1.32 bits per heavy atom. The van der Waals surface area contributed by atoms with Gasteiger partial charge in [0.1, 0.15) is 5.60 Å². The van der Waals surface area contributed by atoms with Gasteiger partial charge in [0.05, 0.1) is 0 Å². The van der Waals surface area contributed by atoms with Gasteiger partial charge < -0.3 is 9.84 Å². The number of rotatable bonds is 7. The summed E-state index contributed by atoms with van der Waals surface area (Å²) in [6.45, 7) is 7.98. The third-order valence-corrected chi connectivity index (χ3v) is 3.65. The Bertz CT molecular complexity index is 508. The highest BCUT2D eigenvalue weighted by molar-refractivity contribution is 7.14. The first-order valence-corrected chi connectivity index (χ1v) is 8.32. The maximum Gasteiger partial charge on any atom is 0.416 e. The van der Waals surface area contributed by atoms with E-state index in [2.05, 4.69) is 11.9 Å². The SMILES string of the molecule is CCCCCCN(C(=O)OC(C)(C)C)c1nc(C(=O)O)cs1. The van der Waals surface area contributed by atoms with Crippen molar-refractivity contribution in [3.8, 4) is 0 Å². The van der Waals surface area contributed by atoms with Crippen LogP contribution in [0.4, 0.5) is 9.93 Å². The monoisotopic (exact) mass is 328 g/mol. The number of thiazole rings is 1. The lowest BCUT2D eigenvalue weighted by molar-refractivity contribution is 0.0577. The van der Waals surface area contributed by atoms with Gasteiger partial charge in [-0.1, -0.05) is 26.2 Å². The number of carbonyl (C=O) groups excluding carboxylic acids is 1. The number of hydrogen-bond donors (Lipinski definition) is 1. The number of aromatic nitrogens is 1. The summed E-state index contributed by atoms with van der Waals surface area (Å²) in [4.78, 5) is 28.7. The largest absolute Gasteiger partial charge is 0.476 e. The van der Waals surface area contributed by atoms with E-state index < -0.39 is 17.7 Å². The van der Waals surface area contributed by atoms with Crippen LogP contribution in [0.5, 0.6) is 0 Å². The van der Waals surface area contributed by atoms with Crippen LogP contribution >= 0.6 is 11.3 Å². The van der Waals surface area contributed by atoms with Crippen LogP contribution in [-0.4, -0.2) is 34.3 Å². The van der Waals surface area contributed by atoms with Crippen LogP contribution in [0.1, 0.15) is 63.9 Å². The van der Waals surface area contributed by atoms with Crippen LogP contribution in [0.15, 0.2) is 5.38 Å². The van der Waals surface area contributed by atoms with E-state index in [9.17, 15) is 9.59 Å². The van der Waals surface area contributed by atoms with Crippen LogP contribution < -0.4 is 4.90 Å². The molecule has 1 aromatic heterocycles. The fourth-order valence-corrected chi connectivity index (χ4v) is 2.58. The number of aromatic carboxylic acids is 1. The van der Waals surface area contributed by atoms with Crippen LogP contribution in [0.3, 0.4) is 0 Å². The minimum atomic E-state index is -1.10. The molecule has 0 unspecified atom stereocenters. The Kier molecular flexibility index (Phi) is 6.80. The highest BCUT2D eigenvalue weighted by Crippen LogP contribution is 2.23. The molecule has 0 saturated carbocycles. The van der Waals surface area contributed by atoms with Crippen molar-refractivity contribution in [1.82, 2.24) is 4.98 Å². The summed E-state index contributed by atoms with van der Waals surface area (Å²) >= 11 is 1.14. The summed E-state index contributed by atoms with van der Waals surface area (Å²) in [5.74, 6) is -1.10. The molecule has 1 aromatic rings. The summed E-state index contributed by atoms with van der Waals surface area (Å²) < 4.78 is 5.39. The van der Waals surface area contributed by atoms with E-state index in [0.29, 0.717) is 11.7 Å². The molecule has 1 N–H and O–H groups in total. The van der Waals surface area contributed by atoms with Crippen LogP contribution in [0.25, 0.3) is 0 Å². The fourth-order valence-electron chi connectivity index (χ4n) is 1.77. The number of carboxylic acids is 1. The summed E-state index contributed by atoms with van der Waals surface area (Å²) in [5.41, 5.74) is -0.659. The molecule has 0 aromatic carbocycles. The van der Waals surface area contributed by atoms with Crippen LogP contribution in [-0.2, 0) is 4.74 Å². The number of hydrogen-bond acceptors (Lipinski definition) is 5. The molecule has 1 amide bonds. The zero-order valence-electron chi connectivity index (χ0n) is 13.6. The minimum Gasteiger partial charge on any atom is -0.476 e. The van der Waals surface area contributed by atoms with Gasteiger partial charge in [0, 0.05) is 11.9 Å². The third-order valence-electron chi connectivity index (χ3n) is 2.79. The highest BCUT2D eigenvalue weighted by atomic mass is 32.1. The molecule has 1 heterocycles. The lowest BCUT2D eigenvalue weighted by Gasteiger charge is -2.25. The van der Waals surface area contributed by atoms with Gasteiger partial charge in [-0.05, 0) is 27.2 Å². The van der Waals surface area contributed by atoms with Gasteiger partial charge in [0.25, 0.3) is 0 Å². The van der Waals surface area contributed by atoms with Gasteiger partial charge in [-0.15, -0.1) is 11.3 Å². The van der Waals surface area contributed by atoms with Crippen molar-refractivity contribution in [3.63, 3.8) is 0 Å². The second-order valence-electron chi connectivity index (χ2n) is 6.01. The van der Waals surface area contributed by atoms with E-state index in [1.807, 2.05) is 0 Å². The molecule has 0 aliphatic rings. The number of amides is 1. The highest BCUT2D eigenvalue weighted by Gasteiger charge is 2.25. The summed E-state index contributed by atoms with van der Waals surface area (Å²) in [6, 6.07) is 0. The maximum absolute atomic E-state index is 12.3. The van der Waals surface area contributed by atoms with Crippen molar-refractivity contribution in [1.29, 1.82) is 0 Å². The predicted octanol–water partition coefficient (Wildman–Crippen LogP) is 4.16. The first-order chi connectivity index (χ1) is 10.2. The van der Waals surface area contributed by atoms with E-state index in [1.165, 1.54) is 10.3 Å². The molecular formula is C15H24N2O4S. The fraction of sp³-hybridized carbons (Fsp3) is 0.667. The molecule has 0 aliphatic carbocycles. The zero-order chi connectivity index (χ0) is 16.8. The Morgan fingerprint density at radius 3 is 2.50 bits per heavy atom. The molecule has 0 fully saturated rings. The van der Waals surface area contributed by atoms with Crippen LogP contribution in [0.2, 0.25) is 0 Å². The molecule has 1 rings (SSSR count). The minimum absolute atomic E-state index is 0.0536. The summed E-state index contributed by atoms with van der Waals surface area (Å²) in [7, 11) is 0. The van der Waals surface area contributed by atoms with Crippen molar-refractivity contribution in [2.24, 2.45) is 0 Å². The van der Waals surface area contributed by atoms with Crippen molar-refractivity contribution in [3.05, 3.63) is 11.1 Å². The van der Waals surface area contributed by atoms with Gasteiger partial charge in [-0.3, -0.25) is 4.90 Å². The number of anilines is 1. The molecule has 0 aliphatic heterocycles. The Hall–Kier alpha value is -1.63. The number of unbranched alkanes of at least 4 members (excludes halogenated alkanes) is 3. The van der Waals surface area contributed by atoms with E-state index in [4.69, 9.17) is 9.84 Å². The second kappa shape index (κ2) is 8.12. The molecule has 22 heavy (non-hydrogen) atoms. The van der Waals surface area contributed by atoms with Crippen molar-refractivity contribution in [2.75, 3.05) is 11.4 Å². The van der Waals surface area contributed by atoms with Crippen molar-refractivity contribution < 1.29 is 19.4 Å². The molecular weight excluding hydrogens is 304 g/mol. The molecule has 124 valence electrons. The Balaban J connectivity index is 2.84. The van der Waals surface area contributed by atoms with E-state index in [0.717, 1.165) is 37.0 Å². The standard InChI is InChI=1S/C15H24N2O4S/c1-5-6-7-8-9-17(14(20)21-15(2,3)4)13-16-11(10-22-13)12(18)19/h10H,5-9H2,1-4H3,(H,18,19). The van der Waals surface area contributed by atoms with Crippen LogP contribution in [0, 0.1) is 0 Å². The lowest BCUT2D eigenvalue weighted by atomic mass is 10.2. The first-order valence-electron chi connectivity index (χ1n) is 7.44. The number of ether oxygens (including phenoxy) is 1. The number of carboxylic acid groups (broad SMARTS) is 1. The molecule has 0 bridgehead atoms. The molecule has 0 atom stereocenters. The average molecular weight is 328 g/mol. The summed E-state index contributed by atoms with van der Waals surface area (Å²) in [6.07, 6.45) is 3.55. The zero-order valence-corrected chi connectivity index (χ0v) is 14.4. The Labute approximate surface area is 135 Å². The third kappa shape index (κ3) is 6.01. The van der Waals surface area contributed by atoms with E-state index >= 15 is 0 Å².